The molecule has 3 rings (SSSR count). The minimum atomic E-state index is -0.0109. The number of thioether (sulfide) groups is 1. The second-order valence-electron chi connectivity index (χ2n) is 7.17. The topological polar surface area (TPSA) is 69.0 Å². The first kappa shape index (κ1) is 21.9. The van der Waals surface area contributed by atoms with Crippen molar-refractivity contribution in [1.29, 1.82) is 0 Å². The number of aryl methyl sites for hydroxylation is 3. The summed E-state index contributed by atoms with van der Waals surface area (Å²) >= 11 is 1.41. The van der Waals surface area contributed by atoms with E-state index in [1.807, 2.05) is 48.0 Å². The smallest absolute Gasteiger partial charge is 0.230 e. The molecule has 1 aromatic heterocycles. The molecule has 1 N–H and O–H groups in total. The number of ether oxygens (including phenoxy) is 1. The van der Waals surface area contributed by atoms with Gasteiger partial charge in [-0.05, 0) is 42.5 Å². The predicted molar refractivity (Wildman–Crippen MR) is 120 cm³/mol. The molecule has 0 fully saturated rings. The number of nitrogens with zero attached hydrogens (tertiary/aromatic N) is 3. The average molecular weight is 425 g/mol. The Hall–Kier alpha value is -2.80. The third-order valence-electron chi connectivity index (χ3n) is 4.92. The van der Waals surface area contributed by atoms with Crippen LogP contribution in [0.15, 0.2) is 53.7 Å². The lowest BCUT2D eigenvalue weighted by atomic mass is 10.0. The van der Waals surface area contributed by atoms with Gasteiger partial charge < -0.3 is 14.6 Å². The van der Waals surface area contributed by atoms with Crippen molar-refractivity contribution in [2.24, 2.45) is 7.05 Å². The summed E-state index contributed by atoms with van der Waals surface area (Å²) in [6.07, 6.45) is 2.80. The zero-order chi connectivity index (χ0) is 21.3. The van der Waals surface area contributed by atoms with Crippen molar-refractivity contribution in [3.63, 3.8) is 0 Å². The van der Waals surface area contributed by atoms with Crippen molar-refractivity contribution in [1.82, 2.24) is 20.1 Å². The van der Waals surface area contributed by atoms with Crippen molar-refractivity contribution < 1.29 is 9.53 Å². The van der Waals surface area contributed by atoms with Crippen LogP contribution in [0.3, 0.4) is 0 Å². The fraction of sp³-hybridized carbons (Fsp3) is 0.348. The highest BCUT2D eigenvalue weighted by Gasteiger charge is 2.11. The lowest BCUT2D eigenvalue weighted by Crippen LogP contribution is -2.24. The first-order valence-corrected chi connectivity index (χ1v) is 11.0. The number of amides is 1. The van der Waals surface area contributed by atoms with E-state index in [-0.39, 0.29) is 5.91 Å². The monoisotopic (exact) mass is 424 g/mol. The van der Waals surface area contributed by atoms with Crippen LogP contribution in [0.5, 0.6) is 5.75 Å². The zero-order valence-electron chi connectivity index (χ0n) is 17.7. The van der Waals surface area contributed by atoms with E-state index in [2.05, 4.69) is 34.6 Å². The molecule has 0 saturated carbocycles. The first-order valence-electron chi connectivity index (χ1n) is 10.0. The van der Waals surface area contributed by atoms with Crippen molar-refractivity contribution in [2.75, 3.05) is 12.9 Å². The van der Waals surface area contributed by atoms with Gasteiger partial charge in [-0.2, -0.15) is 0 Å². The normalized spacial score (nSPS) is 10.8. The van der Waals surface area contributed by atoms with Gasteiger partial charge in [0, 0.05) is 20.0 Å². The van der Waals surface area contributed by atoms with Crippen LogP contribution >= 0.6 is 11.8 Å². The van der Waals surface area contributed by atoms with Crippen molar-refractivity contribution in [3.8, 4) is 5.75 Å². The maximum atomic E-state index is 12.1. The van der Waals surface area contributed by atoms with E-state index >= 15 is 0 Å². The summed E-state index contributed by atoms with van der Waals surface area (Å²) < 4.78 is 7.30. The SMILES string of the molecule is COc1ccc(CCCc2nnc(SCC(=O)NCc3ccccc3)n2C)cc1C. The number of carbonyl (C=O) groups excluding carboxylic acids is 1. The number of carbonyl (C=O) groups is 1. The molecule has 0 atom stereocenters. The number of aromatic nitrogens is 3. The van der Waals surface area contributed by atoms with Crippen LogP contribution < -0.4 is 10.1 Å². The highest BCUT2D eigenvalue weighted by atomic mass is 32.2. The van der Waals surface area contributed by atoms with Crippen LogP contribution in [0.2, 0.25) is 0 Å². The minimum Gasteiger partial charge on any atom is -0.496 e. The summed E-state index contributed by atoms with van der Waals surface area (Å²) in [5.41, 5.74) is 3.53. The predicted octanol–water partition coefficient (Wildman–Crippen LogP) is 3.72. The van der Waals surface area contributed by atoms with E-state index < -0.39 is 0 Å². The molecule has 0 saturated heterocycles. The Morgan fingerprint density at radius 3 is 2.63 bits per heavy atom. The summed E-state index contributed by atoms with van der Waals surface area (Å²) in [4.78, 5) is 12.1. The zero-order valence-corrected chi connectivity index (χ0v) is 18.5. The highest BCUT2D eigenvalue weighted by Crippen LogP contribution is 2.20. The Balaban J connectivity index is 1.43. The number of hydrogen-bond donors (Lipinski definition) is 1. The molecule has 2 aromatic carbocycles. The van der Waals surface area contributed by atoms with Crippen LogP contribution in [-0.4, -0.2) is 33.5 Å². The number of methoxy groups -OCH3 is 1. The summed E-state index contributed by atoms with van der Waals surface area (Å²) in [7, 11) is 3.65. The van der Waals surface area contributed by atoms with E-state index in [1.165, 1.54) is 17.3 Å². The molecule has 1 heterocycles. The van der Waals surface area contributed by atoms with Gasteiger partial charge in [-0.15, -0.1) is 10.2 Å². The third kappa shape index (κ3) is 6.10. The lowest BCUT2D eigenvalue weighted by molar-refractivity contribution is -0.118. The van der Waals surface area contributed by atoms with E-state index in [9.17, 15) is 4.79 Å². The Morgan fingerprint density at radius 1 is 1.10 bits per heavy atom. The summed E-state index contributed by atoms with van der Waals surface area (Å²) in [6, 6.07) is 16.2. The Morgan fingerprint density at radius 2 is 1.90 bits per heavy atom. The first-order chi connectivity index (χ1) is 14.6. The standard InChI is InChI=1S/C23H28N4O2S/c1-17-14-18(12-13-20(17)29-3)10-7-11-21-25-26-23(27(21)2)30-16-22(28)24-15-19-8-5-4-6-9-19/h4-6,8-9,12-14H,7,10-11,15-16H2,1-3H3,(H,24,28). The summed E-state index contributed by atoms with van der Waals surface area (Å²) in [6.45, 7) is 2.60. The number of nitrogens with one attached hydrogen (secondary N) is 1. The van der Waals surface area contributed by atoms with Gasteiger partial charge in [-0.1, -0.05) is 54.2 Å². The Kier molecular flexibility index (Phi) is 7.90. The Bertz CT molecular complexity index is 973. The van der Waals surface area contributed by atoms with Crippen molar-refractivity contribution >= 4 is 17.7 Å². The fourth-order valence-corrected chi connectivity index (χ4v) is 3.97. The maximum absolute atomic E-state index is 12.1. The van der Waals surface area contributed by atoms with Crippen LogP contribution in [-0.2, 0) is 31.2 Å². The van der Waals surface area contributed by atoms with Crippen LogP contribution in [0.25, 0.3) is 0 Å². The molecule has 0 aliphatic carbocycles. The Labute approximate surface area is 182 Å². The fourth-order valence-electron chi connectivity index (χ4n) is 3.21. The summed E-state index contributed by atoms with van der Waals surface area (Å²) in [5.74, 6) is 2.17. The molecular weight excluding hydrogens is 396 g/mol. The van der Waals surface area contributed by atoms with Crippen molar-refractivity contribution in [3.05, 3.63) is 71.0 Å². The molecule has 0 spiro atoms. The van der Waals surface area contributed by atoms with Gasteiger partial charge in [0.05, 0.1) is 12.9 Å². The van der Waals surface area contributed by atoms with Gasteiger partial charge in [0.2, 0.25) is 5.91 Å². The van der Waals surface area contributed by atoms with Gasteiger partial charge in [0.25, 0.3) is 0 Å². The largest absolute Gasteiger partial charge is 0.496 e. The van der Waals surface area contributed by atoms with Crippen LogP contribution in [0.4, 0.5) is 0 Å². The van der Waals surface area contributed by atoms with Gasteiger partial charge in [-0.3, -0.25) is 4.79 Å². The highest BCUT2D eigenvalue weighted by molar-refractivity contribution is 7.99. The van der Waals surface area contributed by atoms with E-state index in [0.717, 1.165) is 47.1 Å². The molecule has 0 radical (unpaired) electrons. The van der Waals surface area contributed by atoms with Gasteiger partial charge in [-0.25, -0.2) is 0 Å². The van der Waals surface area contributed by atoms with Gasteiger partial charge in [0.15, 0.2) is 5.16 Å². The second kappa shape index (κ2) is 10.8. The molecule has 30 heavy (non-hydrogen) atoms. The molecule has 158 valence electrons. The minimum absolute atomic E-state index is 0.0109. The third-order valence-corrected chi connectivity index (χ3v) is 5.94. The number of rotatable bonds is 10. The maximum Gasteiger partial charge on any atom is 0.230 e. The molecule has 1 amide bonds. The van der Waals surface area contributed by atoms with E-state index in [0.29, 0.717) is 12.3 Å². The van der Waals surface area contributed by atoms with Gasteiger partial charge in [0.1, 0.15) is 11.6 Å². The van der Waals surface area contributed by atoms with Crippen molar-refractivity contribution in [2.45, 2.75) is 37.9 Å². The van der Waals surface area contributed by atoms with E-state index in [1.54, 1.807) is 7.11 Å². The van der Waals surface area contributed by atoms with E-state index in [4.69, 9.17) is 4.74 Å². The second-order valence-corrected chi connectivity index (χ2v) is 8.11. The molecule has 0 aliphatic heterocycles. The molecular formula is C23H28N4O2S. The molecule has 0 bridgehead atoms. The molecule has 6 nitrogen and oxygen atoms in total. The molecule has 0 unspecified atom stereocenters. The molecule has 7 heteroatoms. The number of benzene rings is 2. The molecule has 3 aromatic rings. The quantitative estimate of drug-likeness (QED) is 0.503. The van der Waals surface area contributed by atoms with Gasteiger partial charge >= 0.3 is 0 Å². The lowest BCUT2D eigenvalue weighted by Gasteiger charge is -2.08. The molecule has 0 aliphatic rings. The number of hydrogen-bond acceptors (Lipinski definition) is 5. The average Bonchev–Trinajstić information content (AvgIpc) is 3.11. The van der Waals surface area contributed by atoms with Crippen LogP contribution in [0.1, 0.15) is 28.9 Å². The van der Waals surface area contributed by atoms with Crippen LogP contribution in [0, 0.1) is 6.92 Å². The summed E-state index contributed by atoms with van der Waals surface area (Å²) in [5, 5.41) is 12.3.